The molecule has 0 bridgehead atoms. The fraction of sp³-hybridized carbons (Fsp3) is 0.188. The van der Waals surface area contributed by atoms with Gasteiger partial charge in [-0.15, -0.1) is 0 Å². The van der Waals surface area contributed by atoms with Gasteiger partial charge in [0.1, 0.15) is 5.82 Å². The van der Waals surface area contributed by atoms with Gasteiger partial charge in [0.25, 0.3) is 0 Å². The second kappa shape index (κ2) is 6.14. The summed E-state index contributed by atoms with van der Waals surface area (Å²) >= 11 is 0. The van der Waals surface area contributed by atoms with Gasteiger partial charge in [0.2, 0.25) is 0 Å². The molecular formula is C16H16FNO. The second-order valence-electron chi connectivity index (χ2n) is 4.40. The number of carbonyl (C=O) groups is 1. The number of Topliss-reactive ketones (excluding diaryl/α,β-unsaturated/α-hetero) is 1. The molecule has 0 amide bonds. The summed E-state index contributed by atoms with van der Waals surface area (Å²) in [5, 5.41) is 3.21. The fourth-order valence-corrected chi connectivity index (χ4v) is 1.87. The molecular weight excluding hydrogens is 241 g/mol. The van der Waals surface area contributed by atoms with E-state index in [1.165, 1.54) is 6.07 Å². The van der Waals surface area contributed by atoms with E-state index >= 15 is 0 Å². The van der Waals surface area contributed by atoms with Crippen LogP contribution in [-0.4, -0.2) is 12.3 Å². The first-order chi connectivity index (χ1) is 9.16. The second-order valence-corrected chi connectivity index (χ2v) is 4.40. The van der Waals surface area contributed by atoms with Crippen LogP contribution in [0.25, 0.3) is 0 Å². The summed E-state index contributed by atoms with van der Waals surface area (Å²) in [6.45, 7) is 2.20. The number of anilines is 1. The van der Waals surface area contributed by atoms with Crippen LogP contribution in [0.1, 0.15) is 22.8 Å². The number of rotatable bonds is 5. The molecule has 0 aromatic heterocycles. The third-order valence-electron chi connectivity index (χ3n) is 2.97. The van der Waals surface area contributed by atoms with E-state index in [9.17, 15) is 9.18 Å². The molecule has 0 aliphatic heterocycles. The Balaban J connectivity index is 1.89. The molecule has 1 N–H and O–H groups in total. The third kappa shape index (κ3) is 3.65. The number of nitrogens with one attached hydrogen (secondary N) is 1. The molecule has 0 aliphatic rings. The van der Waals surface area contributed by atoms with Gasteiger partial charge in [0.15, 0.2) is 5.78 Å². The lowest BCUT2D eigenvalue weighted by Gasteiger charge is -2.07. The van der Waals surface area contributed by atoms with Gasteiger partial charge in [-0.3, -0.25) is 4.79 Å². The highest BCUT2D eigenvalue weighted by Gasteiger charge is 2.01. The number of carbonyl (C=O) groups excluding carboxylic acids is 1. The molecule has 2 aromatic carbocycles. The molecule has 98 valence electrons. The van der Waals surface area contributed by atoms with Gasteiger partial charge < -0.3 is 5.32 Å². The van der Waals surface area contributed by atoms with Crippen LogP contribution in [0.2, 0.25) is 0 Å². The molecule has 2 aromatic rings. The molecule has 0 heterocycles. The van der Waals surface area contributed by atoms with Gasteiger partial charge in [-0.05, 0) is 49.2 Å². The van der Waals surface area contributed by atoms with E-state index in [-0.39, 0.29) is 11.6 Å². The molecule has 3 heteroatoms. The number of hydrogen-bond acceptors (Lipinski definition) is 2. The Kier molecular flexibility index (Phi) is 4.29. The monoisotopic (exact) mass is 257 g/mol. The predicted octanol–water partition coefficient (Wildman–Crippen LogP) is 3.68. The number of hydrogen-bond donors (Lipinski definition) is 1. The van der Waals surface area contributed by atoms with Gasteiger partial charge in [0.05, 0.1) is 0 Å². The average molecular weight is 257 g/mol. The minimum Gasteiger partial charge on any atom is -0.385 e. The Hall–Kier alpha value is -2.16. The van der Waals surface area contributed by atoms with Crippen molar-refractivity contribution in [1.82, 2.24) is 0 Å². The van der Waals surface area contributed by atoms with E-state index in [1.807, 2.05) is 18.2 Å². The van der Waals surface area contributed by atoms with Crippen molar-refractivity contribution in [2.75, 3.05) is 11.9 Å². The lowest BCUT2D eigenvalue weighted by atomic mass is 10.1. The van der Waals surface area contributed by atoms with Crippen molar-refractivity contribution in [3.8, 4) is 0 Å². The van der Waals surface area contributed by atoms with Crippen molar-refractivity contribution in [3.05, 3.63) is 65.5 Å². The summed E-state index contributed by atoms with van der Waals surface area (Å²) in [7, 11) is 0. The summed E-state index contributed by atoms with van der Waals surface area (Å²) in [5.41, 5.74) is 2.33. The van der Waals surface area contributed by atoms with Crippen LogP contribution in [0.3, 0.4) is 0 Å². The van der Waals surface area contributed by atoms with Gasteiger partial charge in [0, 0.05) is 17.8 Å². The molecule has 0 radical (unpaired) electrons. The number of ketones is 1. The molecule has 0 spiro atoms. The predicted molar refractivity (Wildman–Crippen MR) is 75.0 cm³/mol. The minimum atomic E-state index is -0.170. The normalized spacial score (nSPS) is 10.2. The molecule has 0 fully saturated rings. The Morgan fingerprint density at radius 2 is 1.79 bits per heavy atom. The van der Waals surface area contributed by atoms with Crippen LogP contribution in [0.4, 0.5) is 10.1 Å². The van der Waals surface area contributed by atoms with Gasteiger partial charge in [-0.2, -0.15) is 0 Å². The highest BCUT2D eigenvalue weighted by molar-refractivity contribution is 5.94. The molecule has 0 saturated carbocycles. The summed E-state index contributed by atoms with van der Waals surface area (Å²) in [6.07, 6.45) is 0.626. The van der Waals surface area contributed by atoms with Crippen LogP contribution in [0, 0.1) is 5.82 Å². The Morgan fingerprint density at radius 1 is 1.11 bits per heavy atom. The average Bonchev–Trinajstić information content (AvgIpc) is 2.41. The van der Waals surface area contributed by atoms with Crippen molar-refractivity contribution in [1.29, 1.82) is 0 Å². The molecule has 0 aliphatic carbocycles. The maximum atomic E-state index is 13.4. The largest absolute Gasteiger partial charge is 0.385 e. The smallest absolute Gasteiger partial charge is 0.159 e. The molecule has 0 saturated heterocycles. The van der Waals surface area contributed by atoms with Crippen molar-refractivity contribution in [3.63, 3.8) is 0 Å². The van der Waals surface area contributed by atoms with Crippen molar-refractivity contribution in [2.24, 2.45) is 0 Å². The Labute approximate surface area is 112 Å². The van der Waals surface area contributed by atoms with Crippen LogP contribution in [0.15, 0.2) is 48.5 Å². The van der Waals surface area contributed by atoms with Crippen molar-refractivity contribution in [2.45, 2.75) is 13.3 Å². The third-order valence-corrected chi connectivity index (χ3v) is 2.97. The zero-order valence-electron chi connectivity index (χ0n) is 10.8. The van der Waals surface area contributed by atoms with Crippen LogP contribution in [-0.2, 0) is 6.42 Å². The highest BCUT2D eigenvalue weighted by atomic mass is 19.1. The van der Waals surface area contributed by atoms with Crippen LogP contribution >= 0.6 is 0 Å². The van der Waals surface area contributed by atoms with Gasteiger partial charge in [-0.25, -0.2) is 4.39 Å². The van der Waals surface area contributed by atoms with E-state index < -0.39 is 0 Å². The van der Waals surface area contributed by atoms with E-state index in [1.54, 1.807) is 31.2 Å². The summed E-state index contributed by atoms with van der Waals surface area (Å²) in [6, 6.07) is 14.1. The molecule has 2 rings (SSSR count). The van der Waals surface area contributed by atoms with E-state index in [0.29, 0.717) is 24.1 Å². The van der Waals surface area contributed by atoms with E-state index in [2.05, 4.69) is 5.32 Å². The molecule has 0 atom stereocenters. The highest BCUT2D eigenvalue weighted by Crippen LogP contribution is 2.11. The zero-order valence-corrected chi connectivity index (χ0v) is 10.8. The van der Waals surface area contributed by atoms with E-state index in [0.717, 1.165) is 5.69 Å². The van der Waals surface area contributed by atoms with E-state index in [4.69, 9.17) is 0 Å². The van der Waals surface area contributed by atoms with Gasteiger partial charge in [-0.1, -0.05) is 18.2 Å². The van der Waals surface area contributed by atoms with Crippen molar-refractivity contribution < 1.29 is 9.18 Å². The first-order valence-corrected chi connectivity index (χ1v) is 6.25. The Morgan fingerprint density at radius 3 is 2.42 bits per heavy atom. The summed E-state index contributed by atoms with van der Waals surface area (Å²) in [4.78, 5) is 11.1. The maximum Gasteiger partial charge on any atom is 0.159 e. The molecule has 19 heavy (non-hydrogen) atoms. The first kappa shape index (κ1) is 13.3. The lowest BCUT2D eigenvalue weighted by Crippen LogP contribution is -2.06. The quantitative estimate of drug-likeness (QED) is 0.828. The first-order valence-electron chi connectivity index (χ1n) is 6.25. The maximum absolute atomic E-state index is 13.4. The summed E-state index contributed by atoms with van der Waals surface area (Å²) < 4.78 is 13.4. The topological polar surface area (TPSA) is 29.1 Å². The molecule has 0 unspecified atom stereocenters. The lowest BCUT2D eigenvalue weighted by molar-refractivity contribution is 0.101. The zero-order chi connectivity index (χ0) is 13.7. The van der Waals surface area contributed by atoms with Crippen LogP contribution in [0.5, 0.6) is 0 Å². The molecule has 2 nitrogen and oxygen atoms in total. The van der Waals surface area contributed by atoms with Gasteiger partial charge >= 0.3 is 0 Å². The Bertz CT molecular complexity index is 563. The van der Waals surface area contributed by atoms with Crippen molar-refractivity contribution >= 4 is 11.5 Å². The SMILES string of the molecule is CC(=O)c1ccc(NCCc2ccccc2F)cc1. The summed E-state index contributed by atoms with van der Waals surface area (Å²) in [5.74, 6) is -0.117. The fourth-order valence-electron chi connectivity index (χ4n) is 1.87. The number of halogens is 1. The minimum absolute atomic E-state index is 0.0536. The standard InChI is InChI=1S/C16H16FNO/c1-12(19)13-6-8-15(9-7-13)18-11-10-14-4-2-3-5-16(14)17/h2-9,18H,10-11H2,1H3. The number of benzene rings is 2. The van der Waals surface area contributed by atoms with Crippen LogP contribution < -0.4 is 5.32 Å².